The van der Waals surface area contributed by atoms with Gasteiger partial charge >= 0.3 is 0 Å². The molecule has 2 saturated heterocycles. The lowest BCUT2D eigenvalue weighted by Gasteiger charge is -2.32. The molecule has 2 fully saturated rings. The van der Waals surface area contributed by atoms with Crippen molar-refractivity contribution in [2.24, 2.45) is 11.1 Å². The summed E-state index contributed by atoms with van der Waals surface area (Å²) < 4.78 is 24.2. The molecule has 2 aliphatic rings. The Morgan fingerprint density at radius 2 is 2.04 bits per heavy atom. The molecule has 3 N–H and O–H groups in total. The van der Waals surface area contributed by atoms with Crippen LogP contribution < -0.4 is 10.5 Å². The Morgan fingerprint density at radius 1 is 1.24 bits per heavy atom. The van der Waals surface area contributed by atoms with Crippen LogP contribution in [0.3, 0.4) is 0 Å². The number of benzene rings is 1. The molecule has 0 aliphatic carbocycles. The average Bonchev–Trinajstić information content (AvgIpc) is 3.02. The third kappa shape index (κ3) is 4.63. The molecule has 7 nitrogen and oxygen atoms in total. The SMILES string of the molecule is NS(=O)(=O)N1CCCC(C(=O)N2CCC(Nc3cccc(Cl)c3)C2)C1. The van der Waals surface area contributed by atoms with Crippen molar-refractivity contribution in [3.05, 3.63) is 29.3 Å². The van der Waals surface area contributed by atoms with Gasteiger partial charge in [-0.3, -0.25) is 4.79 Å². The molecule has 0 bridgehead atoms. The molecule has 0 spiro atoms. The van der Waals surface area contributed by atoms with Gasteiger partial charge in [0.1, 0.15) is 0 Å². The molecule has 2 atom stereocenters. The quantitative estimate of drug-likeness (QED) is 0.814. The molecule has 1 aromatic carbocycles. The van der Waals surface area contributed by atoms with Crippen molar-refractivity contribution in [1.29, 1.82) is 0 Å². The molecule has 0 aromatic heterocycles. The van der Waals surface area contributed by atoms with E-state index in [0.717, 1.165) is 12.1 Å². The van der Waals surface area contributed by atoms with Gasteiger partial charge in [-0.2, -0.15) is 12.7 Å². The molecule has 1 aromatic rings. The minimum atomic E-state index is -3.73. The van der Waals surface area contributed by atoms with Gasteiger partial charge in [-0.15, -0.1) is 0 Å². The van der Waals surface area contributed by atoms with Crippen LogP contribution in [-0.2, 0) is 15.0 Å². The van der Waals surface area contributed by atoms with E-state index in [2.05, 4.69) is 5.32 Å². The second kappa shape index (κ2) is 7.49. The van der Waals surface area contributed by atoms with Crippen LogP contribution in [0.4, 0.5) is 5.69 Å². The van der Waals surface area contributed by atoms with E-state index in [-0.39, 0.29) is 24.4 Å². The number of anilines is 1. The highest BCUT2D eigenvalue weighted by molar-refractivity contribution is 7.86. The lowest BCUT2D eigenvalue weighted by molar-refractivity contribution is -0.135. The number of carbonyl (C=O) groups excluding carboxylic acids is 1. The number of hydrogen-bond donors (Lipinski definition) is 2. The van der Waals surface area contributed by atoms with Crippen LogP contribution in [0.15, 0.2) is 24.3 Å². The Bertz CT molecular complexity index is 743. The fourth-order valence-electron chi connectivity index (χ4n) is 3.53. The van der Waals surface area contributed by atoms with Crippen molar-refractivity contribution < 1.29 is 13.2 Å². The molecule has 9 heteroatoms. The molecule has 2 heterocycles. The van der Waals surface area contributed by atoms with Crippen molar-refractivity contribution in [2.75, 3.05) is 31.5 Å². The molecule has 138 valence electrons. The lowest BCUT2D eigenvalue weighted by atomic mass is 9.98. The summed E-state index contributed by atoms with van der Waals surface area (Å²) in [6.07, 6.45) is 2.21. The number of nitrogens with one attached hydrogen (secondary N) is 1. The van der Waals surface area contributed by atoms with Crippen LogP contribution in [0.5, 0.6) is 0 Å². The number of likely N-dealkylation sites (tertiary alicyclic amines) is 1. The number of nitrogens with zero attached hydrogens (tertiary/aromatic N) is 2. The van der Waals surface area contributed by atoms with Gasteiger partial charge in [0.2, 0.25) is 5.91 Å². The number of piperidine rings is 1. The number of hydrogen-bond acceptors (Lipinski definition) is 4. The number of halogens is 1. The van der Waals surface area contributed by atoms with Crippen LogP contribution in [0.25, 0.3) is 0 Å². The van der Waals surface area contributed by atoms with E-state index < -0.39 is 10.2 Å². The molecule has 1 amide bonds. The smallest absolute Gasteiger partial charge is 0.276 e. The third-order valence-corrected chi connectivity index (χ3v) is 6.08. The number of nitrogens with two attached hydrogens (primary N) is 1. The maximum Gasteiger partial charge on any atom is 0.276 e. The fourth-order valence-corrected chi connectivity index (χ4v) is 4.49. The van der Waals surface area contributed by atoms with Gasteiger partial charge < -0.3 is 10.2 Å². The van der Waals surface area contributed by atoms with Crippen LogP contribution in [0.2, 0.25) is 5.02 Å². The van der Waals surface area contributed by atoms with Gasteiger partial charge in [-0.25, -0.2) is 5.14 Å². The van der Waals surface area contributed by atoms with Gasteiger partial charge in [-0.05, 0) is 37.5 Å². The zero-order valence-corrected chi connectivity index (χ0v) is 15.5. The van der Waals surface area contributed by atoms with Crippen LogP contribution >= 0.6 is 11.6 Å². The van der Waals surface area contributed by atoms with Crippen molar-refractivity contribution in [2.45, 2.75) is 25.3 Å². The van der Waals surface area contributed by atoms with Crippen LogP contribution in [-0.4, -0.2) is 55.8 Å². The summed E-state index contributed by atoms with van der Waals surface area (Å²) >= 11 is 5.99. The van der Waals surface area contributed by atoms with Crippen LogP contribution in [0, 0.1) is 5.92 Å². The van der Waals surface area contributed by atoms with E-state index in [1.54, 1.807) is 0 Å². The van der Waals surface area contributed by atoms with Crippen molar-refractivity contribution in [3.8, 4) is 0 Å². The Balaban J connectivity index is 1.57. The number of rotatable bonds is 4. The van der Waals surface area contributed by atoms with Gasteiger partial charge in [0.25, 0.3) is 10.2 Å². The van der Waals surface area contributed by atoms with Gasteiger partial charge in [-0.1, -0.05) is 17.7 Å². The Labute approximate surface area is 153 Å². The van der Waals surface area contributed by atoms with Crippen molar-refractivity contribution >= 4 is 33.4 Å². The summed E-state index contributed by atoms with van der Waals surface area (Å²) in [6.45, 7) is 1.85. The summed E-state index contributed by atoms with van der Waals surface area (Å²) in [5, 5.41) is 9.26. The highest BCUT2D eigenvalue weighted by Gasteiger charge is 2.35. The van der Waals surface area contributed by atoms with E-state index in [9.17, 15) is 13.2 Å². The normalized spacial score (nSPS) is 25.1. The average molecular weight is 387 g/mol. The summed E-state index contributed by atoms with van der Waals surface area (Å²) in [6, 6.07) is 7.67. The second-order valence-electron chi connectivity index (χ2n) is 6.67. The molecule has 2 unspecified atom stereocenters. The third-order valence-electron chi connectivity index (χ3n) is 4.79. The Morgan fingerprint density at radius 3 is 2.76 bits per heavy atom. The predicted octanol–water partition coefficient (Wildman–Crippen LogP) is 1.27. The minimum absolute atomic E-state index is 0.0174. The first-order valence-corrected chi connectivity index (χ1v) is 10.3. The maximum absolute atomic E-state index is 12.7. The van der Waals surface area contributed by atoms with Gasteiger partial charge in [0.15, 0.2) is 0 Å². The highest BCUT2D eigenvalue weighted by atomic mass is 35.5. The van der Waals surface area contributed by atoms with E-state index in [1.165, 1.54) is 4.31 Å². The first-order valence-electron chi connectivity index (χ1n) is 8.41. The number of carbonyl (C=O) groups is 1. The first kappa shape index (κ1) is 18.4. The molecule has 2 aliphatic heterocycles. The summed E-state index contributed by atoms with van der Waals surface area (Å²) in [7, 11) is -3.73. The summed E-state index contributed by atoms with van der Waals surface area (Å²) in [4.78, 5) is 14.6. The number of amides is 1. The van der Waals surface area contributed by atoms with Crippen LogP contribution in [0.1, 0.15) is 19.3 Å². The Kier molecular flexibility index (Phi) is 5.52. The second-order valence-corrected chi connectivity index (χ2v) is 8.65. The summed E-state index contributed by atoms with van der Waals surface area (Å²) in [5.74, 6) is -0.291. The van der Waals surface area contributed by atoms with E-state index >= 15 is 0 Å². The molecular formula is C16H23ClN4O3S. The maximum atomic E-state index is 12.7. The largest absolute Gasteiger partial charge is 0.380 e. The fraction of sp³-hybridized carbons (Fsp3) is 0.562. The zero-order chi connectivity index (χ0) is 18.0. The predicted molar refractivity (Wildman–Crippen MR) is 97.5 cm³/mol. The van der Waals surface area contributed by atoms with Crippen molar-refractivity contribution in [1.82, 2.24) is 9.21 Å². The lowest BCUT2D eigenvalue weighted by Crippen LogP contribution is -2.48. The molecular weight excluding hydrogens is 364 g/mol. The Hall–Kier alpha value is -1.35. The monoisotopic (exact) mass is 386 g/mol. The molecule has 25 heavy (non-hydrogen) atoms. The minimum Gasteiger partial charge on any atom is -0.380 e. The van der Waals surface area contributed by atoms with E-state index in [4.69, 9.17) is 16.7 Å². The highest BCUT2D eigenvalue weighted by Crippen LogP contribution is 2.24. The van der Waals surface area contributed by atoms with E-state index in [0.29, 0.717) is 37.5 Å². The van der Waals surface area contributed by atoms with E-state index in [1.807, 2.05) is 29.2 Å². The van der Waals surface area contributed by atoms with Gasteiger partial charge in [0.05, 0.1) is 5.92 Å². The summed E-state index contributed by atoms with van der Waals surface area (Å²) in [5.41, 5.74) is 0.935. The molecule has 3 rings (SSSR count). The molecule has 0 radical (unpaired) electrons. The van der Waals surface area contributed by atoms with Gasteiger partial charge in [0, 0.05) is 42.9 Å². The first-order chi connectivity index (χ1) is 11.8. The topological polar surface area (TPSA) is 95.7 Å². The standard InChI is InChI=1S/C16H23ClN4O3S/c17-13-4-1-5-14(9-13)19-15-6-8-20(11-15)16(22)12-3-2-7-21(10-12)25(18,23)24/h1,4-5,9,12,15,19H,2-3,6-8,10-11H2,(H2,18,23,24). The molecule has 0 saturated carbocycles. The zero-order valence-electron chi connectivity index (χ0n) is 13.9. The van der Waals surface area contributed by atoms with Crippen molar-refractivity contribution in [3.63, 3.8) is 0 Å².